The lowest BCUT2D eigenvalue weighted by molar-refractivity contribution is -0.0497. The topological polar surface area (TPSA) is 54.6 Å². The fourth-order valence-corrected chi connectivity index (χ4v) is 3.75. The summed E-state index contributed by atoms with van der Waals surface area (Å²) in [6.07, 6.45) is 3.66. The van der Waals surface area contributed by atoms with Gasteiger partial charge < -0.3 is 19.4 Å². The molecule has 3 heterocycles. The number of aromatic nitrogens is 1. The molecule has 0 amide bonds. The number of alkyl halides is 2. The molecule has 0 radical (unpaired) electrons. The van der Waals surface area contributed by atoms with Crippen LogP contribution in [0.1, 0.15) is 23.2 Å². The second kappa shape index (κ2) is 5.73. The Bertz CT molecular complexity index is 766. The summed E-state index contributed by atoms with van der Waals surface area (Å²) in [4.78, 5) is 17.8. The molecule has 128 valence electrons. The second-order valence-corrected chi connectivity index (χ2v) is 6.64. The third-order valence-corrected chi connectivity index (χ3v) is 5.08. The van der Waals surface area contributed by atoms with Gasteiger partial charge in [0.1, 0.15) is 5.75 Å². The van der Waals surface area contributed by atoms with Gasteiger partial charge in [-0.1, -0.05) is 0 Å². The Kier molecular flexibility index (Phi) is 3.68. The van der Waals surface area contributed by atoms with E-state index in [1.54, 1.807) is 12.3 Å². The van der Waals surface area contributed by atoms with Crippen molar-refractivity contribution in [3.05, 3.63) is 30.0 Å². The van der Waals surface area contributed by atoms with Crippen LogP contribution in [0.5, 0.6) is 5.75 Å². The number of benzene rings is 1. The number of hydrogen-bond acceptors (Lipinski definition) is 4. The largest absolute Gasteiger partial charge is 0.461 e. The maximum atomic E-state index is 12.4. The Morgan fingerprint density at radius 1 is 1.33 bits per heavy atom. The van der Waals surface area contributed by atoms with E-state index in [-0.39, 0.29) is 11.2 Å². The number of piperidine rings is 1. The lowest BCUT2D eigenvalue weighted by Crippen LogP contribution is -2.27. The van der Waals surface area contributed by atoms with Gasteiger partial charge in [-0.05, 0) is 44.1 Å². The summed E-state index contributed by atoms with van der Waals surface area (Å²) in [7, 11) is 0. The summed E-state index contributed by atoms with van der Waals surface area (Å²) >= 11 is 0. The van der Waals surface area contributed by atoms with E-state index in [9.17, 15) is 13.6 Å². The molecule has 2 bridgehead atoms. The minimum Gasteiger partial charge on any atom is -0.461 e. The first-order valence-electron chi connectivity index (χ1n) is 8.00. The number of carbonyl (C=O) groups is 1. The molecule has 2 aliphatic heterocycles. The Balaban J connectivity index is 1.51. The SMILES string of the molecule is O=C(OCC12CCN(CC1)C2)c1c[nH]c2ccc(OC(F)F)cc12. The quantitative estimate of drug-likeness (QED) is 0.853. The lowest BCUT2D eigenvalue weighted by atomic mass is 9.86. The molecule has 1 aromatic carbocycles. The number of nitrogens with one attached hydrogen (secondary N) is 1. The molecule has 4 rings (SSSR count). The van der Waals surface area contributed by atoms with Crippen molar-refractivity contribution < 1.29 is 23.0 Å². The van der Waals surface area contributed by atoms with Gasteiger partial charge in [0.05, 0.1) is 12.2 Å². The van der Waals surface area contributed by atoms with Crippen LogP contribution in [0.3, 0.4) is 0 Å². The van der Waals surface area contributed by atoms with E-state index >= 15 is 0 Å². The summed E-state index contributed by atoms with van der Waals surface area (Å²) < 4.78 is 34.7. The predicted molar refractivity (Wildman–Crippen MR) is 83.3 cm³/mol. The summed E-state index contributed by atoms with van der Waals surface area (Å²) in [6.45, 7) is 0.629. The summed E-state index contributed by atoms with van der Waals surface area (Å²) in [5, 5.41) is 0.523. The molecular weight excluding hydrogens is 318 g/mol. The van der Waals surface area contributed by atoms with E-state index in [1.807, 2.05) is 0 Å². The first-order valence-corrected chi connectivity index (χ1v) is 8.00. The van der Waals surface area contributed by atoms with Gasteiger partial charge in [-0.25, -0.2) is 4.79 Å². The van der Waals surface area contributed by atoms with Crippen LogP contribution >= 0.6 is 0 Å². The van der Waals surface area contributed by atoms with Gasteiger partial charge in [0.25, 0.3) is 0 Å². The lowest BCUT2D eigenvalue weighted by Gasteiger charge is -2.24. The van der Waals surface area contributed by atoms with Crippen molar-refractivity contribution in [3.8, 4) is 5.75 Å². The van der Waals surface area contributed by atoms with Gasteiger partial charge in [-0.3, -0.25) is 0 Å². The molecule has 0 saturated carbocycles. The van der Waals surface area contributed by atoms with Gasteiger partial charge in [0.15, 0.2) is 0 Å². The number of esters is 1. The van der Waals surface area contributed by atoms with Crippen molar-refractivity contribution in [3.63, 3.8) is 0 Å². The van der Waals surface area contributed by atoms with Crippen molar-refractivity contribution in [1.29, 1.82) is 0 Å². The molecule has 0 unspecified atom stereocenters. The monoisotopic (exact) mass is 336 g/mol. The van der Waals surface area contributed by atoms with E-state index in [0.717, 1.165) is 32.5 Å². The zero-order chi connectivity index (χ0) is 16.7. The maximum absolute atomic E-state index is 12.4. The minimum atomic E-state index is -2.90. The van der Waals surface area contributed by atoms with Crippen LogP contribution in [-0.4, -0.2) is 48.7 Å². The van der Waals surface area contributed by atoms with E-state index in [0.29, 0.717) is 23.1 Å². The Labute approximate surface area is 137 Å². The van der Waals surface area contributed by atoms with Crippen LogP contribution in [0, 0.1) is 5.41 Å². The smallest absolute Gasteiger partial charge is 0.387 e. The van der Waals surface area contributed by atoms with E-state index in [2.05, 4.69) is 14.6 Å². The average Bonchev–Trinajstić information content (AvgIpc) is 3.26. The molecule has 1 aromatic heterocycles. The number of aromatic amines is 1. The average molecular weight is 336 g/mol. The van der Waals surface area contributed by atoms with Crippen molar-refractivity contribution in [2.24, 2.45) is 5.41 Å². The number of nitrogens with zero attached hydrogens (tertiary/aromatic N) is 1. The van der Waals surface area contributed by atoms with Crippen molar-refractivity contribution in [2.45, 2.75) is 19.5 Å². The highest BCUT2D eigenvalue weighted by molar-refractivity contribution is 6.04. The number of rotatable bonds is 5. The van der Waals surface area contributed by atoms with Crippen molar-refractivity contribution >= 4 is 16.9 Å². The van der Waals surface area contributed by atoms with E-state index in [4.69, 9.17) is 4.74 Å². The molecule has 0 spiro atoms. The molecule has 7 heteroatoms. The summed E-state index contributed by atoms with van der Waals surface area (Å²) in [5.41, 5.74) is 1.11. The fraction of sp³-hybridized carbons (Fsp3) is 0.471. The van der Waals surface area contributed by atoms with Gasteiger partial charge in [-0.15, -0.1) is 0 Å². The first-order chi connectivity index (χ1) is 11.5. The molecule has 5 nitrogen and oxygen atoms in total. The third kappa shape index (κ3) is 2.73. The van der Waals surface area contributed by atoms with Crippen molar-refractivity contribution in [1.82, 2.24) is 9.88 Å². The Hall–Kier alpha value is -2.15. The first kappa shape index (κ1) is 15.4. The van der Waals surface area contributed by atoms with Gasteiger partial charge in [-0.2, -0.15) is 8.78 Å². The molecule has 0 aliphatic carbocycles. The zero-order valence-electron chi connectivity index (χ0n) is 13.1. The number of fused-ring (bicyclic) bond motifs is 3. The molecule has 2 aromatic rings. The number of ether oxygens (including phenoxy) is 2. The standard InChI is InChI=1S/C17H18F2N2O3/c18-16(19)24-11-1-2-14-12(7-11)13(8-20-14)15(22)23-10-17-3-5-21(9-17)6-4-17/h1-2,7-8,16,20H,3-6,9-10H2. The van der Waals surface area contributed by atoms with Crippen LogP contribution in [0.25, 0.3) is 10.9 Å². The highest BCUT2D eigenvalue weighted by atomic mass is 19.3. The minimum absolute atomic E-state index is 0.0203. The van der Waals surface area contributed by atoms with Crippen LogP contribution < -0.4 is 4.74 Å². The molecular formula is C17H18F2N2O3. The summed E-state index contributed by atoms with van der Waals surface area (Å²) in [5.74, 6) is -0.415. The fourth-order valence-electron chi connectivity index (χ4n) is 3.75. The van der Waals surface area contributed by atoms with Gasteiger partial charge >= 0.3 is 12.6 Å². The summed E-state index contributed by atoms with van der Waals surface area (Å²) in [6, 6.07) is 4.47. The molecule has 24 heavy (non-hydrogen) atoms. The van der Waals surface area contributed by atoms with Crippen LogP contribution in [0.15, 0.2) is 24.4 Å². The predicted octanol–water partition coefficient (Wildman–Crippen LogP) is 3.02. The molecule has 2 saturated heterocycles. The second-order valence-electron chi connectivity index (χ2n) is 6.64. The Morgan fingerprint density at radius 2 is 2.12 bits per heavy atom. The van der Waals surface area contributed by atoms with E-state index < -0.39 is 12.6 Å². The molecule has 1 N–H and O–H groups in total. The molecule has 0 atom stereocenters. The van der Waals surface area contributed by atoms with Crippen molar-refractivity contribution in [2.75, 3.05) is 26.2 Å². The van der Waals surface area contributed by atoms with Gasteiger partial charge in [0.2, 0.25) is 0 Å². The third-order valence-electron chi connectivity index (χ3n) is 5.08. The van der Waals surface area contributed by atoms with E-state index in [1.165, 1.54) is 12.1 Å². The molecule has 2 fully saturated rings. The number of carbonyl (C=O) groups excluding carboxylic acids is 1. The number of hydrogen-bond donors (Lipinski definition) is 1. The number of H-pyrrole nitrogens is 1. The van der Waals surface area contributed by atoms with Gasteiger partial charge in [0, 0.05) is 29.1 Å². The highest BCUT2D eigenvalue weighted by Gasteiger charge is 2.44. The molecule has 2 aliphatic rings. The maximum Gasteiger partial charge on any atom is 0.387 e. The number of halogens is 2. The van der Waals surface area contributed by atoms with Crippen LogP contribution in [-0.2, 0) is 4.74 Å². The zero-order valence-corrected chi connectivity index (χ0v) is 13.1. The highest BCUT2D eigenvalue weighted by Crippen LogP contribution is 2.40. The Morgan fingerprint density at radius 3 is 2.79 bits per heavy atom. The van der Waals surface area contributed by atoms with Crippen LogP contribution in [0.4, 0.5) is 8.78 Å². The normalized spacial score (nSPS) is 25.5. The van der Waals surface area contributed by atoms with Crippen LogP contribution in [0.2, 0.25) is 0 Å².